The predicted molar refractivity (Wildman–Crippen MR) is 52.4 cm³/mol. The summed E-state index contributed by atoms with van der Waals surface area (Å²) in [4.78, 5) is 10.5. The predicted octanol–water partition coefficient (Wildman–Crippen LogP) is 1.99. The van der Waals surface area contributed by atoms with Crippen molar-refractivity contribution in [1.29, 1.82) is 5.26 Å². The number of hydrogen-bond donors (Lipinski definition) is 1. The number of carbonyl (C=O) groups is 1. The number of allylic oxidation sites excluding steroid dienone is 1. The van der Waals surface area contributed by atoms with Gasteiger partial charge in [-0.3, -0.25) is 4.79 Å². The molecule has 0 saturated carbocycles. The number of carboxylic acids is 1. The molecule has 0 aliphatic carbocycles. The van der Waals surface area contributed by atoms with Crippen LogP contribution in [0.25, 0.3) is 6.08 Å². The summed E-state index contributed by atoms with van der Waals surface area (Å²) in [6.07, 6.45) is 2.42. The first-order valence-electron chi connectivity index (χ1n) is 4.20. The van der Waals surface area contributed by atoms with Crippen LogP contribution >= 0.6 is 0 Å². The monoisotopic (exact) mass is 205 g/mol. The average molecular weight is 205 g/mol. The quantitative estimate of drug-likeness (QED) is 0.767. The molecule has 0 spiro atoms. The average Bonchev–Trinajstić information content (AvgIpc) is 2.16. The number of halogens is 1. The molecule has 0 saturated heterocycles. The third-order valence-corrected chi connectivity index (χ3v) is 1.78. The number of nitrogens with zero attached hydrogens (tertiary/aromatic N) is 1. The fourth-order valence-corrected chi connectivity index (χ4v) is 1.18. The largest absolute Gasteiger partial charge is 0.481 e. The maximum absolute atomic E-state index is 12.8. The normalized spacial score (nSPS) is 10.1. The summed E-state index contributed by atoms with van der Waals surface area (Å²) in [7, 11) is 0. The van der Waals surface area contributed by atoms with Gasteiger partial charge in [-0.05, 0) is 29.3 Å². The highest BCUT2D eigenvalue weighted by atomic mass is 19.1. The molecule has 0 bridgehead atoms. The molecule has 1 rings (SSSR count). The lowest BCUT2D eigenvalue weighted by Crippen LogP contribution is -2.02. The summed E-state index contributed by atoms with van der Waals surface area (Å²) in [5, 5.41) is 16.9. The van der Waals surface area contributed by atoms with Crippen LogP contribution in [0, 0.1) is 17.1 Å². The Labute approximate surface area is 86.1 Å². The molecule has 0 heterocycles. The van der Waals surface area contributed by atoms with Crippen molar-refractivity contribution in [2.75, 3.05) is 0 Å². The van der Waals surface area contributed by atoms with Crippen molar-refractivity contribution in [1.82, 2.24) is 0 Å². The van der Waals surface area contributed by atoms with Crippen molar-refractivity contribution < 1.29 is 14.3 Å². The van der Waals surface area contributed by atoms with Crippen molar-refractivity contribution in [3.8, 4) is 6.07 Å². The van der Waals surface area contributed by atoms with Gasteiger partial charge >= 0.3 is 5.97 Å². The van der Waals surface area contributed by atoms with Crippen molar-refractivity contribution >= 4 is 12.0 Å². The van der Waals surface area contributed by atoms with E-state index in [2.05, 4.69) is 0 Å². The second-order valence-corrected chi connectivity index (χ2v) is 2.88. The summed E-state index contributed by atoms with van der Waals surface area (Å²) in [5.74, 6) is -1.52. The van der Waals surface area contributed by atoms with Crippen LogP contribution in [-0.2, 0) is 11.2 Å². The summed E-state index contributed by atoms with van der Waals surface area (Å²) in [6.45, 7) is 0. The van der Waals surface area contributed by atoms with Gasteiger partial charge in [0, 0.05) is 6.08 Å². The third-order valence-electron chi connectivity index (χ3n) is 1.78. The Bertz CT molecular complexity index is 446. The van der Waals surface area contributed by atoms with Crippen molar-refractivity contribution in [2.45, 2.75) is 6.42 Å². The fraction of sp³-hybridized carbons (Fsp3) is 0.0909. The van der Waals surface area contributed by atoms with Crippen LogP contribution in [0.4, 0.5) is 4.39 Å². The highest BCUT2D eigenvalue weighted by Crippen LogP contribution is 2.13. The lowest BCUT2D eigenvalue weighted by Gasteiger charge is -2.02. The molecular formula is C11H8FNO2. The Hall–Kier alpha value is -2.15. The molecule has 4 heteroatoms. The number of nitriles is 1. The molecule has 0 aliphatic rings. The lowest BCUT2D eigenvalue weighted by atomic mass is 10.0. The molecule has 15 heavy (non-hydrogen) atoms. The van der Waals surface area contributed by atoms with E-state index in [4.69, 9.17) is 10.4 Å². The second-order valence-electron chi connectivity index (χ2n) is 2.88. The zero-order valence-electron chi connectivity index (χ0n) is 7.77. The van der Waals surface area contributed by atoms with E-state index < -0.39 is 11.8 Å². The van der Waals surface area contributed by atoms with E-state index in [-0.39, 0.29) is 6.42 Å². The summed E-state index contributed by atoms with van der Waals surface area (Å²) in [5.41, 5.74) is 0.898. The van der Waals surface area contributed by atoms with E-state index in [1.165, 1.54) is 24.3 Å². The Kier molecular flexibility index (Phi) is 3.58. The minimum atomic E-state index is -1.03. The molecule has 1 aromatic carbocycles. The number of rotatable bonds is 3. The van der Waals surface area contributed by atoms with Crippen LogP contribution in [0.15, 0.2) is 24.3 Å². The van der Waals surface area contributed by atoms with Crippen LogP contribution in [0.5, 0.6) is 0 Å². The molecule has 1 N–H and O–H groups in total. The Morgan fingerprint density at radius 2 is 2.33 bits per heavy atom. The third kappa shape index (κ3) is 3.24. The van der Waals surface area contributed by atoms with Gasteiger partial charge in [0.05, 0.1) is 12.5 Å². The Morgan fingerprint density at radius 3 is 2.93 bits per heavy atom. The van der Waals surface area contributed by atoms with Gasteiger partial charge in [0.25, 0.3) is 0 Å². The fourth-order valence-electron chi connectivity index (χ4n) is 1.18. The highest BCUT2D eigenvalue weighted by molar-refractivity contribution is 5.72. The lowest BCUT2D eigenvalue weighted by molar-refractivity contribution is -0.136. The first-order valence-corrected chi connectivity index (χ1v) is 4.20. The molecule has 1 aromatic rings. The maximum atomic E-state index is 12.8. The Balaban J connectivity index is 3.09. The van der Waals surface area contributed by atoms with Gasteiger partial charge in [-0.25, -0.2) is 4.39 Å². The minimum absolute atomic E-state index is 0.261. The molecule has 0 radical (unpaired) electrons. The smallest absolute Gasteiger partial charge is 0.307 e. The van der Waals surface area contributed by atoms with E-state index in [9.17, 15) is 9.18 Å². The molecule has 0 aliphatic heterocycles. The molecule has 0 amide bonds. The van der Waals surface area contributed by atoms with E-state index in [1.807, 2.05) is 0 Å². The SMILES string of the molecule is N#CC=Cc1ccc(F)cc1CC(=O)O. The van der Waals surface area contributed by atoms with Crippen LogP contribution in [0.2, 0.25) is 0 Å². The molecule has 0 atom stereocenters. The summed E-state index contributed by atoms with van der Waals surface area (Å²) < 4.78 is 12.8. The number of carboxylic acid groups (broad SMARTS) is 1. The van der Waals surface area contributed by atoms with Crippen molar-refractivity contribution in [3.63, 3.8) is 0 Å². The van der Waals surface area contributed by atoms with Crippen LogP contribution in [0.1, 0.15) is 11.1 Å². The van der Waals surface area contributed by atoms with E-state index in [0.29, 0.717) is 11.1 Å². The van der Waals surface area contributed by atoms with Gasteiger partial charge in [-0.15, -0.1) is 0 Å². The summed E-state index contributed by atoms with van der Waals surface area (Å²) >= 11 is 0. The molecular weight excluding hydrogens is 197 g/mol. The molecule has 0 aromatic heterocycles. The molecule has 3 nitrogen and oxygen atoms in total. The van der Waals surface area contributed by atoms with E-state index in [1.54, 1.807) is 6.07 Å². The number of hydrogen-bond acceptors (Lipinski definition) is 2. The van der Waals surface area contributed by atoms with E-state index in [0.717, 1.165) is 6.07 Å². The molecule has 0 fully saturated rings. The Morgan fingerprint density at radius 1 is 1.60 bits per heavy atom. The van der Waals surface area contributed by atoms with Crippen LogP contribution in [0.3, 0.4) is 0 Å². The first-order chi connectivity index (χ1) is 7.13. The van der Waals surface area contributed by atoms with Gasteiger partial charge in [0.2, 0.25) is 0 Å². The molecule has 76 valence electrons. The standard InChI is InChI=1S/C11H8FNO2/c12-10-4-3-8(2-1-5-13)9(6-10)7-11(14)15/h1-4,6H,7H2,(H,14,15). The topological polar surface area (TPSA) is 61.1 Å². The number of aliphatic carboxylic acids is 1. The highest BCUT2D eigenvalue weighted by Gasteiger charge is 2.06. The van der Waals surface area contributed by atoms with Crippen molar-refractivity contribution in [2.24, 2.45) is 0 Å². The maximum Gasteiger partial charge on any atom is 0.307 e. The minimum Gasteiger partial charge on any atom is -0.481 e. The van der Waals surface area contributed by atoms with Gasteiger partial charge in [0.15, 0.2) is 0 Å². The van der Waals surface area contributed by atoms with Gasteiger partial charge < -0.3 is 5.11 Å². The molecule has 0 unspecified atom stereocenters. The van der Waals surface area contributed by atoms with Crippen LogP contribution in [-0.4, -0.2) is 11.1 Å². The van der Waals surface area contributed by atoms with Gasteiger partial charge in [0.1, 0.15) is 5.82 Å². The second kappa shape index (κ2) is 4.91. The zero-order chi connectivity index (χ0) is 11.3. The van der Waals surface area contributed by atoms with E-state index >= 15 is 0 Å². The summed E-state index contributed by atoms with van der Waals surface area (Å²) in [6, 6.07) is 5.62. The zero-order valence-corrected chi connectivity index (χ0v) is 7.77. The first kappa shape index (κ1) is 10.9. The van der Waals surface area contributed by atoms with Crippen molar-refractivity contribution in [3.05, 3.63) is 41.2 Å². The number of benzene rings is 1. The van der Waals surface area contributed by atoms with Crippen LogP contribution < -0.4 is 0 Å². The van der Waals surface area contributed by atoms with Gasteiger partial charge in [-0.2, -0.15) is 5.26 Å². The van der Waals surface area contributed by atoms with Gasteiger partial charge in [-0.1, -0.05) is 6.07 Å².